The molecule has 0 saturated heterocycles. The maximum Gasteiger partial charge on any atom is 0.221 e. The van der Waals surface area contributed by atoms with Crippen molar-refractivity contribution in [1.82, 2.24) is 0 Å². The van der Waals surface area contributed by atoms with Crippen LogP contribution in [0.15, 0.2) is 49.1 Å². The van der Waals surface area contributed by atoms with Gasteiger partial charge < -0.3 is 35.4 Å². The van der Waals surface area contributed by atoms with Gasteiger partial charge in [-0.25, -0.2) is 9.13 Å². The lowest BCUT2D eigenvalue weighted by Gasteiger charge is -2.02. The number of hydrogen-bond donors (Lipinski definition) is 2. The number of aromatic nitrogens is 2. The average Bonchev–Trinajstić information content (AvgIpc) is 2.60. The van der Waals surface area contributed by atoms with E-state index in [4.69, 9.17) is 0 Å². The van der Waals surface area contributed by atoms with Crippen molar-refractivity contribution in [2.75, 3.05) is 10.6 Å². The summed E-state index contributed by atoms with van der Waals surface area (Å²) in [5.41, 5.74) is 1.66. The van der Waals surface area contributed by atoms with E-state index in [-0.39, 0.29) is 36.6 Å². The molecule has 2 rings (SSSR count). The molecule has 0 aliphatic heterocycles. The number of halogens is 2. The van der Waals surface area contributed by atoms with Crippen LogP contribution in [0.2, 0.25) is 0 Å². The van der Waals surface area contributed by atoms with E-state index >= 15 is 0 Å². The third-order valence-corrected chi connectivity index (χ3v) is 4.01. The van der Waals surface area contributed by atoms with Crippen LogP contribution in [0.25, 0.3) is 0 Å². The Kier molecular flexibility index (Phi) is 12.8. The molecule has 0 bridgehead atoms. The number of carbonyl (C=O) groups excluding carboxylic acids is 2. The van der Waals surface area contributed by atoms with Gasteiger partial charge in [0.1, 0.15) is 13.1 Å². The third kappa shape index (κ3) is 10.2. The Morgan fingerprint density at radius 1 is 0.679 bits per heavy atom. The molecule has 0 spiro atoms. The van der Waals surface area contributed by atoms with Gasteiger partial charge in [-0.2, -0.15) is 0 Å². The first-order valence-corrected chi connectivity index (χ1v) is 9.06. The Labute approximate surface area is 179 Å². The first-order chi connectivity index (χ1) is 12.5. The van der Waals surface area contributed by atoms with E-state index in [2.05, 4.69) is 19.8 Å². The molecular formula is C20H28Cl2N4O2. The zero-order chi connectivity index (χ0) is 18.8. The largest absolute Gasteiger partial charge is 1.00 e. The minimum Gasteiger partial charge on any atom is -1.00 e. The molecule has 8 heteroatoms. The fourth-order valence-corrected chi connectivity index (χ4v) is 2.73. The zero-order valence-corrected chi connectivity index (χ0v) is 17.8. The highest BCUT2D eigenvalue weighted by atomic mass is 35.5. The summed E-state index contributed by atoms with van der Waals surface area (Å²) in [4.78, 5) is 22.0. The third-order valence-electron chi connectivity index (χ3n) is 4.01. The molecule has 154 valence electrons. The number of aryl methyl sites for hydroxylation is 2. The summed E-state index contributed by atoms with van der Waals surface area (Å²) in [7, 11) is 0. The highest BCUT2D eigenvalue weighted by Gasteiger charge is 2.04. The van der Waals surface area contributed by atoms with Crippen LogP contribution in [-0.4, -0.2) is 11.8 Å². The first kappa shape index (κ1) is 25.8. The molecule has 6 nitrogen and oxygen atoms in total. The van der Waals surface area contributed by atoms with Gasteiger partial charge >= 0.3 is 0 Å². The molecule has 0 atom stereocenters. The van der Waals surface area contributed by atoms with E-state index < -0.39 is 0 Å². The first-order valence-electron chi connectivity index (χ1n) is 9.06. The molecule has 0 aromatic carbocycles. The Balaban J connectivity index is 0.00000364. The van der Waals surface area contributed by atoms with Crippen molar-refractivity contribution in [2.45, 2.75) is 52.6 Å². The van der Waals surface area contributed by atoms with Crippen LogP contribution in [0.4, 0.5) is 11.4 Å². The number of nitrogens with zero attached hydrogens (tertiary/aromatic N) is 2. The summed E-state index contributed by atoms with van der Waals surface area (Å²) in [6.07, 6.45) is 12.6. The highest BCUT2D eigenvalue weighted by molar-refractivity contribution is 5.88. The van der Waals surface area contributed by atoms with Crippen LogP contribution in [0.3, 0.4) is 0 Å². The lowest BCUT2D eigenvalue weighted by atomic mass is 10.2. The normalized spacial score (nSPS) is 9.64. The predicted octanol–water partition coefficient (Wildman–Crippen LogP) is -3.55. The summed E-state index contributed by atoms with van der Waals surface area (Å²) >= 11 is 0. The number of anilines is 2. The summed E-state index contributed by atoms with van der Waals surface area (Å²) < 4.78 is 4.28. The molecular weight excluding hydrogens is 399 g/mol. The van der Waals surface area contributed by atoms with Crippen LogP contribution in [-0.2, 0) is 22.7 Å². The molecule has 0 fully saturated rings. The Morgan fingerprint density at radius 2 is 1.00 bits per heavy atom. The van der Waals surface area contributed by atoms with Gasteiger partial charge in [0, 0.05) is 51.0 Å². The summed E-state index contributed by atoms with van der Waals surface area (Å²) in [5, 5.41) is 5.54. The molecule has 2 aromatic heterocycles. The number of rotatable bonds is 9. The second kappa shape index (κ2) is 13.9. The van der Waals surface area contributed by atoms with Gasteiger partial charge in [0.15, 0.2) is 24.8 Å². The van der Waals surface area contributed by atoms with Gasteiger partial charge in [0.25, 0.3) is 0 Å². The summed E-state index contributed by atoms with van der Waals surface area (Å²) in [6, 6.07) is 7.68. The second-order valence-electron chi connectivity index (χ2n) is 6.43. The van der Waals surface area contributed by atoms with Gasteiger partial charge in [-0.15, -0.1) is 0 Å². The monoisotopic (exact) mass is 426 g/mol. The Hall–Kier alpha value is -2.18. The quantitative estimate of drug-likeness (QED) is 0.322. The molecule has 0 unspecified atom stereocenters. The minimum atomic E-state index is -0.0506. The Morgan fingerprint density at radius 3 is 1.29 bits per heavy atom. The van der Waals surface area contributed by atoms with Crippen LogP contribution >= 0.6 is 0 Å². The number of amides is 2. The van der Waals surface area contributed by atoms with Gasteiger partial charge in [0.2, 0.25) is 11.8 Å². The van der Waals surface area contributed by atoms with Crippen LogP contribution in [0.1, 0.15) is 39.5 Å². The molecule has 2 heterocycles. The van der Waals surface area contributed by atoms with Crippen molar-refractivity contribution in [3.8, 4) is 0 Å². The van der Waals surface area contributed by atoms with Gasteiger partial charge in [0.05, 0.1) is 11.4 Å². The summed E-state index contributed by atoms with van der Waals surface area (Å²) in [6.45, 7) is 4.99. The number of hydrogen-bond acceptors (Lipinski definition) is 2. The smallest absolute Gasteiger partial charge is 0.221 e. The topological polar surface area (TPSA) is 66.0 Å². The average molecular weight is 427 g/mol. The predicted molar refractivity (Wildman–Crippen MR) is 100 cm³/mol. The van der Waals surface area contributed by atoms with Crippen LogP contribution in [0.5, 0.6) is 0 Å². The molecule has 0 aliphatic rings. The molecule has 0 aliphatic carbocycles. The molecule has 2 aromatic rings. The fraction of sp³-hybridized carbons (Fsp3) is 0.400. The number of nitrogens with one attached hydrogen (secondary N) is 2. The van der Waals surface area contributed by atoms with E-state index in [0.29, 0.717) is 0 Å². The van der Waals surface area contributed by atoms with Gasteiger partial charge in [-0.3, -0.25) is 9.59 Å². The van der Waals surface area contributed by atoms with E-state index in [9.17, 15) is 9.59 Å². The van der Waals surface area contributed by atoms with E-state index in [0.717, 1.165) is 37.3 Å². The zero-order valence-electron chi connectivity index (χ0n) is 16.3. The van der Waals surface area contributed by atoms with Crippen molar-refractivity contribution >= 4 is 23.2 Å². The van der Waals surface area contributed by atoms with Crippen molar-refractivity contribution < 1.29 is 43.5 Å². The van der Waals surface area contributed by atoms with E-state index in [1.165, 1.54) is 26.7 Å². The number of pyridine rings is 2. The molecule has 2 N–H and O–H groups in total. The maximum absolute atomic E-state index is 11.0. The SMILES string of the molecule is CC(=O)Nc1cc[n+](CCCCCC[n+]2ccc(NC(C)=O)cc2)cc1.[Cl-].[Cl-]. The fourth-order valence-electron chi connectivity index (χ4n) is 2.73. The van der Waals surface area contributed by atoms with Crippen molar-refractivity contribution in [3.05, 3.63) is 49.1 Å². The molecule has 2 amide bonds. The lowest BCUT2D eigenvalue weighted by Crippen LogP contribution is -3.00. The van der Waals surface area contributed by atoms with Crippen molar-refractivity contribution in [2.24, 2.45) is 0 Å². The minimum absolute atomic E-state index is 0. The summed E-state index contributed by atoms with van der Waals surface area (Å²) in [5.74, 6) is -0.101. The standard InChI is InChI=1S/C20H26N4O2.2ClH/c1-17(25)21-19-7-13-23(14-8-19)11-5-3-4-6-12-24-15-9-20(10-16-24)22-18(2)26;;/h7-10,13-16H,3-6,11-12H2,1-2H3;2*1H. The molecule has 28 heavy (non-hydrogen) atoms. The van der Waals surface area contributed by atoms with Crippen molar-refractivity contribution in [1.29, 1.82) is 0 Å². The molecule has 0 saturated carbocycles. The molecule has 0 radical (unpaired) electrons. The Bertz CT molecular complexity index is 658. The van der Waals surface area contributed by atoms with Gasteiger partial charge in [-0.05, 0) is 12.8 Å². The van der Waals surface area contributed by atoms with Crippen molar-refractivity contribution in [3.63, 3.8) is 0 Å². The van der Waals surface area contributed by atoms with Gasteiger partial charge in [-0.1, -0.05) is 0 Å². The van der Waals surface area contributed by atoms with Crippen LogP contribution in [0, 0.1) is 0 Å². The second-order valence-corrected chi connectivity index (χ2v) is 6.43. The van der Waals surface area contributed by atoms with E-state index in [1.807, 2.05) is 49.1 Å². The lowest BCUT2D eigenvalue weighted by molar-refractivity contribution is -0.698. The van der Waals surface area contributed by atoms with Crippen LogP contribution < -0.4 is 44.6 Å². The number of unbranched alkanes of at least 4 members (excludes halogenated alkanes) is 3. The number of carbonyl (C=O) groups is 2. The maximum atomic E-state index is 11.0. The highest BCUT2D eigenvalue weighted by Crippen LogP contribution is 2.05. The van der Waals surface area contributed by atoms with E-state index in [1.54, 1.807) is 0 Å².